The molecule has 3 aromatic rings. The lowest BCUT2D eigenvalue weighted by Gasteiger charge is -2.18. The van der Waals surface area contributed by atoms with Crippen molar-refractivity contribution in [2.75, 3.05) is 4.72 Å². The Morgan fingerprint density at radius 2 is 1.67 bits per heavy atom. The lowest BCUT2D eigenvalue weighted by Crippen LogP contribution is -2.27. The van der Waals surface area contributed by atoms with Crippen molar-refractivity contribution >= 4 is 33.2 Å². The average Bonchev–Trinajstić information content (AvgIpc) is 2.70. The van der Waals surface area contributed by atoms with Crippen molar-refractivity contribution < 1.29 is 13.2 Å². The van der Waals surface area contributed by atoms with Crippen molar-refractivity contribution in [1.82, 2.24) is 5.32 Å². The van der Waals surface area contributed by atoms with E-state index in [2.05, 4.69) is 16.1 Å². The maximum absolute atomic E-state index is 12.7. The molecule has 0 radical (unpaired) electrons. The molecule has 0 heterocycles. The molecule has 0 saturated carbocycles. The molecule has 3 aromatic carbocycles. The van der Waals surface area contributed by atoms with E-state index in [4.69, 9.17) is 11.6 Å². The molecule has 5 nitrogen and oxygen atoms in total. The third kappa shape index (κ3) is 5.20. The standard InChI is InChI=1S/C23H23ClN2O3S/c1-15-7-8-16(2)22(13-15)17(3)25-23(27)18-5-4-6-20(14-18)26-30(28,29)21-11-9-19(24)10-12-21/h4-14,17,26H,1-3H3,(H,25,27). The monoisotopic (exact) mass is 442 g/mol. The van der Waals surface area contributed by atoms with Crippen LogP contribution in [-0.4, -0.2) is 14.3 Å². The number of carbonyl (C=O) groups is 1. The molecule has 1 atom stereocenters. The largest absolute Gasteiger partial charge is 0.346 e. The molecule has 0 aliphatic heterocycles. The van der Waals surface area contributed by atoms with Crippen molar-refractivity contribution in [2.45, 2.75) is 31.7 Å². The van der Waals surface area contributed by atoms with Crippen molar-refractivity contribution in [3.63, 3.8) is 0 Å². The number of rotatable bonds is 6. The van der Waals surface area contributed by atoms with Gasteiger partial charge in [0.15, 0.2) is 0 Å². The third-order valence-electron chi connectivity index (χ3n) is 4.75. The normalized spacial score (nSPS) is 12.3. The molecule has 0 aliphatic carbocycles. The van der Waals surface area contributed by atoms with Gasteiger partial charge >= 0.3 is 0 Å². The number of carbonyl (C=O) groups excluding carboxylic acids is 1. The fraction of sp³-hybridized carbons (Fsp3) is 0.174. The van der Waals surface area contributed by atoms with Gasteiger partial charge in [-0.15, -0.1) is 0 Å². The molecule has 3 rings (SSSR count). The minimum Gasteiger partial charge on any atom is -0.346 e. The molecule has 1 unspecified atom stereocenters. The van der Waals surface area contributed by atoms with E-state index >= 15 is 0 Å². The van der Waals surface area contributed by atoms with E-state index < -0.39 is 10.0 Å². The number of sulfonamides is 1. The Hall–Kier alpha value is -2.83. The highest BCUT2D eigenvalue weighted by Crippen LogP contribution is 2.21. The summed E-state index contributed by atoms with van der Waals surface area (Å²) in [6.07, 6.45) is 0. The van der Waals surface area contributed by atoms with Crippen LogP contribution < -0.4 is 10.0 Å². The second-order valence-corrected chi connectivity index (χ2v) is 9.31. The Balaban J connectivity index is 1.77. The second-order valence-electron chi connectivity index (χ2n) is 7.20. The zero-order chi connectivity index (χ0) is 21.9. The van der Waals surface area contributed by atoms with Gasteiger partial charge in [0.05, 0.1) is 10.9 Å². The van der Waals surface area contributed by atoms with Gasteiger partial charge in [-0.05, 0) is 74.4 Å². The van der Waals surface area contributed by atoms with E-state index in [1.807, 2.05) is 32.9 Å². The zero-order valence-corrected chi connectivity index (χ0v) is 18.5. The smallest absolute Gasteiger partial charge is 0.261 e. The van der Waals surface area contributed by atoms with Crippen LogP contribution in [0.4, 0.5) is 5.69 Å². The zero-order valence-electron chi connectivity index (χ0n) is 16.9. The van der Waals surface area contributed by atoms with Gasteiger partial charge in [0.2, 0.25) is 0 Å². The van der Waals surface area contributed by atoms with E-state index in [1.165, 1.54) is 30.3 Å². The van der Waals surface area contributed by atoms with Gasteiger partial charge in [-0.25, -0.2) is 8.42 Å². The Kier molecular flexibility index (Phi) is 6.48. The van der Waals surface area contributed by atoms with Crippen LogP contribution >= 0.6 is 11.6 Å². The Morgan fingerprint density at radius 3 is 2.37 bits per heavy atom. The first-order valence-electron chi connectivity index (χ1n) is 9.42. The Labute approximate surface area is 182 Å². The van der Waals surface area contributed by atoms with Gasteiger partial charge in [-0.3, -0.25) is 9.52 Å². The number of benzene rings is 3. The molecule has 0 spiro atoms. The maximum atomic E-state index is 12.7. The summed E-state index contributed by atoms with van der Waals surface area (Å²) < 4.78 is 27.6. The molecule has 1 amide bonds. The summed E-state index contributed by atoms with van der Waals surface area (Å²) in [6.45, 7) is 5.93. The van der Waals surface area contributed by atoms with E-state index in [0.29, 0.717) is 16.3 Å². The van der Waals surface area contributed by atoms with Crippen LogP contribution in [0.25, 0.3) is 0 Å². The minimum atomic E-state index is -3.79. The predicted molar refractivity (Wildman–Crippen MR) is 120 cm³/mol. The molecule has 156 valence electrons. The van der Waals surface area contributed by atoms with Crippen LogP contribution in [0.5, 0.6) is 0 Å². The summed E-state index contributed by atoms with van der Waals surface area (Å²) in [5.41, 5.74) is 3.93. The number of nitrogens with one attached hydrogen (secondary N) is 2. The molecule has 0 bridgehead atoms. The number of amides is 1. The quantitative estimate of drug-likeness (QED) is 0.547. The molecule has 0 saturated heterocycles. The molecule has 7 heteroatoms. The van der Waals surface area contributed by atoms with Crippen LogP contribution in [0.1, 0.15) is 40.0 Å². The first-order valence-corrected chi connectivity index (χ1v) is 11.3. The van der Waals surface area contributed by atoms with Crippen molar-refractivity contribution in [3.8, 4) is 0 Å². The molecular weight excluding hydrogens is 420 g/mol. The number of hydrogen-bond acceptors (Lipinski definition) is 3. The lowest BCUT2D eigenvalue weighted by atomic mass is 9.99. The van der Waals surface area contributed by atoms with E-state index in [-0.39, 0.29) is 16.8 Å². The maximum Gasteiger partial charge on any atom is 0.261 e. The fourth-order valence-corrected chi connectivity index (χ4v) is 4.31. The van der Waals surface area contributed by atoms with Gasteiger partial charge < -0.3 is 5.32 Å². The lowest BCUT2D eigenvalue weighted by molar-refractivity contribution is 0.0940. The van der Waals surface area contributed by atoms with Crippen molar-refractivity contribution in [1.29, 1.82) is 0 Å². The topological polar surface area (TPSA) is 75.3 Å². The van der Waals surface area contributed by atoms with E-state index in [0.717, 1.165) is 16.7 Å². The SMILES string of the molecule is Cc1ccc(C)c(C(C)NC(=O)c2cccc(NS(=O)(=O)c3ccc(Cl)cc3)c2)c1. The summed E-state index contributed by atoms with van der Waals surface area (Å²) in [6, 6.07) is 18.2. The summed E-state index contributed by atoms with van der Waals surface area (Å²) in [4.78, 5) is 12.8. The molecule has 0 aliphatic rings. The van der Waals surface area contributed by atoms with Crippen LogP contribution in [0, 0.1) is 13.8 Å². The Bertz CT molecular complexity index is 1180. The Morgan fingerprint density at radius 1 is 0.967 bits per heavy atom. The second kappa shape index (κ2) is 8.90. The first kappa shape index (κ1) is 21.9. The van der Waals surface area contributed by atoms with Crippen LogP contribution in [-0.2, 0) is 10.0 Å². The van der Waals surface area contributed by atoms with Gasteiger partial charge in [0, 0.05) is 16.3 Å². The molecule has 2 N–H and O–H groups in total. The summed E-state index contributed by atoms with van der Waals surface area (Å²) >= 11 is 5.82. The number of hydrogen-bond donors (Lipinski definition) is 2. The summed E-state index contributed by atoms with van der Waals surface area (Å²) in [5, 5.41) is 3.43. The predicted octanol–water partition coefficient (Wildman–Crippen LogP) is 5.25. The van der Waals surface area contributed by atoms with Crippen molar-refractivity contribution in [2.24, 2.45) is 0 Å². The average molecular weight is 443 g/mol. The van der Waals surface area contributed by atoms with Gasteiger partial charge in [0.1, 0.15) is 0 Å². The summed E-state index contributed by atoms with van der Waals surface area (Å²) in [5.74, 6) is -0.282. The molecular formula is C23H23ClN2O3S. The van der Waals surface area contributed by atoms with Gasteiger partial charge in [-0.2, -0.15) is 0 Å². The summed E-state index contributed by atoms with van der Waals surface area (Å²) in [7, 11) is -3.79. The molecule has 30 heavy (non-hydrogen) atoms. The van der Waals surface area contributed by atoms with Crippen LogP contribution in [0.15, 0.2) is 71.6 Å². The fourth-order valence-electron chi connectivity index (χ4n) is 3.14. The van der Waals surface area contributed by atoms with Crippen LogP contribution in [0.3, 0.4) is 0 Å². The van der Waals surface area contributed by atoms with Gasteiger partial charge in [-0.1, -0.05) is 41.4 Å². The van der Waals surface area contributed by atoms with Crippen molar-refractivity contribution in [3.05, 3.63) is 94.0 Å². The van der Waals surface area contributed by atoms with E-state index in [1.54, 1.807) is 18.2 Å². The minimum absolute atomic E-state index is 0.0882. The van der Waals surface area contributed by atoms with E-state index in [9.17, 15) is 13.2 Å². The number of aryl methyl sites for hydroxylation is 2. The van der Waals surface area contributed by atoms with Gasteiger partial charge in [0.25, 0.3) is 15.9 Å². The molecule has 0 aromatic heterocycles. The first-order chi connectivity index (χ1) is 14.2. The highest BCUT2D eigenvalue weighted by molar-refractivity contribution is 7.92. The third-order valence-corrected chi connectivity index (χ3v) is 6.40. The number of halogens is 1. The number of anilines is 1. The van der Waals surface area contributed by atoms with Crippen LogP contribution in [0.2, 0.25) is 5.02 Å². The molecule has 0 fully saturated rings. The highest BCUT2D eigenvalue weighted by Gasteiger charge is 2.17. The highest BCUT2D eigenvalue weighted by atomic mass is 35.5.